The number of carbonyl (C=O) groups excluding carboxylic acids is 1. The Morgan fingerprint density at radius 1 is 1.22 bits per heavy atom. The lowest BCUT2D eigenvalue weighted by Crippen LogP contribution is -1.92. The zero-order valence-corrected chi connectivity index (χ0v) is 12.0. The molecule has 2 rings (SSSR count). The first-order chi connectivity index (χ1) is 8.56. The summed E-state index contributed by atoms with van der Waals surface area (Å²) in [4.78, 5) is 11.2. The van der Waals surface area contributed by atoms with Crippen LogP contribution in [0.3, 0.4) is 0 Å². The summed E-state index contributed by atoms with van der Waals surface area (Å²) in [6.07, 6.45) is 0. The van der Waals surface area contributed by atoms with Crippen molar-refractivity contribution in [1.82, 2.24) is 0 Å². The Morgan fingerprint density at radius 2 is 2.00 bits per heavy atom. The summed E-state index contributed by atoms with van der Waals surface area (Å²) < 4.78 is 6.58. The summed E-state index contributed by atoms with van der Waals surface area (Å²) in [5, 5.41) is 0.419. The molecular formula is C14H10BrClO2. The molecule has 0 aliphatic carbocycles. The third-order valence-electron chi connectivity index (χ3n) is 2.36. The predicted octanol–water partition coefficient (Wildman–Crippen LogP) is 5.10. The molecule has 0 fully saturated rings. The smallest absolute Gasteiger partial charge is 0.159 e. The average molecular weight is 326 g/mol. The van der Waals surface area contributed by atoms with Gasteiger partial charge in [0.2, 0.25) is 0 Å². The fraction of sp³-hybridized carbons (Fsp3) is 0.0714. The van der Waals surface area contributed by atoms with Crippen LogP contribution in [0.1, 0.15) is 17.3 Å². The van der Waals surface area contributed by atoms with Crippen molar-refractivity contribution in [2.45, 2.75) is 6.92 Å². The summed E-state index contributed by atoms with van der Waals surface area (Å²) in [5.74, 6) is 1.19. The van der Waals surface area contributed by atoms with E-state index in [1.165, 1.54) is 6.92 Å². The molecule has 4 heteroatoms. The quantitative estimate of drug-likeness (QED) is 0.734. The maximum Gasteiger partial charge on any atom is 0.159 e. The van der Waals surface area contributed by atoms with E-state index in [0.29, 0.717) is 22.1 Å². The number of halogens is 2. The predicted molar refractivity (Wildman–Crippen MR) is 75.7 cm³/mol. The lowest BCUT2D eigenvalue weighted by molar-refractivity contribution is 0.101. The number of rotatable bonds is 3. The molecular weight excluding hydrogens is 316 g/mol. The van der Waals surface area contributed by atoms with Gasteiger partial charge >= 0.3 is 0 Å². The largest absolute Gasteiger partial charge is 0.456 e. The van der Waals surface area contributed by atoms with Crippen molar-refractivity contribution in [2.24, 2.45) is 0 Å². The molecule has 0 radical (unpaired) electrons. The first kappa shape index (κ1) is 13.1. The molecule has 2 nitrogen and oxygen atoms in total. The van der Waals surface area contributed by atoms with Crippen molar-refractivity contribution in [3.05, 3.63) is 57.5 Å². The minimum Gasteiger partial charge on any atom is -0.456 e. The van der Waals surface area contributed by atoms with Crippen LogP contribution in [0.25, 0.3) is 0 Å². The van der Waals surface area contributed by atoms with Gasteiger partial charge in [0.25, 0.3) is 0 Å². The number of hydrogen-bond acceptors (Lipinski definition) is 2. The Bertz CT molecular complexity index is 596. The van der Waals surface area contributed by atoms with E-state index >= 15 is 0 Å². The summed E-state index contributed by atoms with van der Waals surface area (Å²) >= 11 is 9.44. The number of benzene rings is 2. The molecule has 0 atom stereocenters. The number of carbonyl (C=O) groups is 1. The summed E-state index contributed by atoms with van der Waals surface area (Å²) in [6.45, 7) is 1.50. The van der Waals surface area contributed by atoms with Crippen molar-refractivity contribution in [3.8, 4) is 11.5 Å². The standard InChI is InChI=1S/C14H10BrClO2/c1-9(17)10-5-6-14(13(16)7-10)18-12-4-2-3-11(15)8-12/h2-8H,1H3. The molecule has 0 aromatic heterocycles. The normalized spacial score (nSPS) is 10.2. The van der Waals surface area contributed by atoms with Crippen LogP contribution < -0.4 is 4.74 Å². The van der Waals surface area contributed by atoms with Gasteiger partial charge in [0, 0.05) is 10.0 Å². The SMILES string of the molecule is CC(=O)c1ccc(Oc2cccc(Br)c2)c(Cl)c1. The van der Waals surface area contributed by atoms with Crippen LogP contribution in [0.4, 0.5) is 0 Å². The molecule has 0 amide bonds. The first-order valence-electron chi connectivity index (χ1n) is 5.30. The maximum absolute atomic E-state index is 11.2. The zero-order valence-electron chi connectivity index (χ0n) is 9.61. The monoisotopic (exact) mass is 324 g/mol. The molecule has 92 valence electrons. The third-order valence-corrected chi connectivity index (χ3v) is 3.15. The molecule has 0 saturated carbocycles. The number of ether oxygens (including phenoxy) is 1. The summed E-state index contributed by atoms with van der Waals surface area (Å²) in [5.41, 5.74) is 0.571. The topological polar surface area (TPSA) is 26.3 Å². The Balaban J connectivity index is 2.27. The van der Waals surface area contributed by atoms with Gasteiger partial charge in [-0.05, 0) is 43.3 Å². The van der Waals surface area contributed by atoms with Crippen LogP contribution in [-0.2, 0) is 0 Å². The van der Waals surface area contributed by atoms with E-state index in [1.54, 1.807) is 18.2 Å². The van der Waals surface area contributed by atoms with Gasteiger partial charge in [0.15, 0.2) is 5.78 Å². The molecule has 0 unspecified atom stereocenters. The second kappa shape index (κ2) is 5.55. The highest BCUT2D eigenvalue weighted by atomic mass is 79.9. The first-order valence-corrected chi connectivity index (χ1v) is 6.47. The lowest BCUT2D eigenvalue weighted by atomic mass is 10.1. The van der Waals surface area contributed by atoms with Gasteiger partial charge in [0.05, 0.1) is 5.02 Å². The molecule has 0 aliphatic rings. The van der Waals surface area contributed by atoms with Gasteiger partial charge in [-0.3, -0.25) is 4.79 Å². The van der Waals surface area contributed by atoms with E-state index in [2.05, 4.69) is 15.9 Å². The van der Waals surface area contributed by atoms with Gasteiger partial charge in [-0.25, -0.2) is 0 Å². The molecule has 0 heterocycles. The van der Waals surface area contributed by atoms with Crippen LogP contribution in [0.5, 0.6) is 11.5 Å². The minimum atomic E-state index is -0.0223. The molecule has 0 saturated heterocycles. The Kier molecular flexibility index (Phi) is 4.04. The number of hydrogen-bond donors (Lipinski definition) is 0. The van der Waals surface area contributed by atoms with Gasteiger partial charge in [-0.15, -0.1) is 0 Å². The Labute approximate surface area is 119 Å². The van der Waals surface area contributed by atoms with Crippen LogP contribution in [-0.4, -0.2) is 5.78 Å². The Morgan fingerprint density at radius 3 is 2.61 bits per heavy atom. The van der Waals surface area contributed by atoms with E-state index in [0.717, 1.165) is 4.47 Å². The van der Waals surface area contributed by atoms with Crippen molar-refractivity contribution in [2.75, 3.05) is 0 Å². The van der Waals surface area contributed by atoms with E-state index in [9.17, 15) is 4.79 Å². The van der Waals surface area contributed by atoms with E-state index < -0.39 is 0 Å². The minimum absolute atomic E-state index is 0.0223. The molecule has 0 spiro atoms. The summed E-state index contributed by atoms with van der Waals surface area (Å²) in [7, 11) is 0. The lowest BCUT2D eigenvalue weighted by Gasteiger charge is -2.08. The number of Topliss-reactive ketones (excluding diaryl/α,β-unsaturated/α-hetero) is 1. The van der Waals surface area contributed by atoms with E-state index in [1.807, 2.05) is 24.3 Å². The number of ketones is 1. The Hall–Kier alpha value is -1.32. The van der Waals surface area contributed by atoms with Gasteiger partial charge in [0.1, 0.15) is 11.5 Å². The molecule has 0 aliphatic heterocycles. The second-order valence-electron chi connectivity index (χ2n) is 3.76. The molecule has 18 heavy (non-hydrogen) atoms. The van der Waals surface area contributed by atoms with Gasteiger partial charge < -0.3 is 4.74 Å². The molecule has 2 aromatic carbocycles. The molecule has 0 N–H and O–H groups in total. The molecule has 2 aromatic rings. The van der Waals surface area contributed by atoms with Gasteiger partial charge in [-0.2, -0.15) is 0 Å². The highest BCUT2D eigenvalue weighted by Crippen LogP contribution is 2.31. The van der Waals surface area contributed by atoms with E-state index in [-0.39, 0.29) is 5.78 Å². The van der Waals surface area contributed by atoms with E-state index in [4.69, 9.17) is 16.3 Å². The van der Waals surface area contributed by atoms with Crippen LogP contribution >= 0.6 is 27.5 Å². The van der Waals surface area contributed by atoms with Crippen molar-refractivity contribution in [1.29, 1.82) is 0 Å². The highest BCUT2D eigenvalue weighted by Gasteiger charge is 2.07. The fourth-order valence-electron chi connectivity index (χ4n) is 1.46. The van der Waals surface area contributed by atoms with Gasteiger partial charge in [-0.1, -0.05) is 33.6 Å². The maximum atomic E-state index is 11.2. The second-order valence-corrected chi connectivity index (χ2v) is 5.08. The van der Waals surface area contributed by atoms with Crippen LogP contribution in [0.15, 0.2) is 46.9 Å². The average Bonchev–Trinajstić information content (AvgIpc) is 2.31. The fourth-order valence-corrected chi connectivity index (χ4v) is 2.06. The van der Waals surface area contributed by atoms with Crippen LogP contribution in [0, 0.1) is 0 Å². The van der Waals surface area contributed by atoms with Crippen molar-refractivity contribution in [3.63, 3.8) is 0 Å². The van der Waals surface area contributed by atoms with Crippen molar-refractivity contribution < 1.29 is 9.53 Å². The molecule has 0 bridgehead atoms. The highest BCUT2D eigenvalue weighted by molar-refractivity contribution is 9.10. The zero-order chi connectivity index (χ0) is 13.1. The summed E-state index contributed by atoms with van der Waals surface area (Å²) in [6, 6.07) is 12.5. The third kappa shape index (κ3) is 3.12. The van der Waals surface area contributed by atoms with Crippen molar-refractivity contribution >= 4 is 33.3 Å². The van der Waals surface area contributed by atoms with Crippen LogP contribution in [0.2, 0.25) is 5.02 Å².